The number of phenolic OH excluding ortho intramolecular Hbond substituents is 1. The Hall–Kier alpha value is -2.67. The van der Waals surface area contributed by atoms with E-state index in [4.69, 9.17) is 9.47 Å². The number of allylic oxidation sites excluding steroid dienone is 1. The maximum Gasteiger partial charge on any atom is 0.193 e. The quantitative estimate of drug-likeness (QED) is 0.552. The number of morpholine rings is 1. The minimum Gasteiger partial charge on any atom is -0.507 e. The Bertz CT molecular complexity index is 900. The van der Waals surface area contributed by atoms with Crippen LogP contribution in [0.2, 0.25) is 0 Å². The number of aryl methyl sites for hydroxylation is 1. The Morgan fingerprint density at radius 2 is 2.03 bits per heavy atom. The van der Waals surface area contributed by atoms with Crippen LogP contribution >= 0.6 is 0 Å². The highest BCUT2D eigenvalue weighted by molar-refractivity contribution is 6.10. The molecule has 0 unspecified atom stereocenters. The summed E-state index contributed by atoms with van der Waals surface area (Å²) in [5.74, 6) is -0.247. The van der Waals surface area contributed by atoms with Crippen molar-refractivity contribution in [1.82, 2.24) is 4.90 Å². The van der Waals surface area contributed by atoms with Gasteiger partial charge in [-0.3, -0.25) is 9.69 Å². The van der Waals surface area contributed by atoms with E-state index in [-0.39, 0.29) is 29.5 Å². The molecular weight excluding hydrogens is 370 g/mol. The fraction of sp³-hybridized carbons (Fsp3) is 0.348. The standard InChI is InChI=1S/C23H27NO5/c1-16-4-3-5-17(12-16)6-7-20(26)22-21(28-2)13-18(15-25)19(23(22)27)14-24-8-10-29-11-9-24/h3-7,12-13,25,27H,8-11,14-15H2,1-2H3. The molecule has 154 valence electrons. The van der Waals surface area contributed by atoms with Crippen molar-refractivity contribution in [3.05, 3.63) is 64.2 Å². The molecule has 1 aliphatic rings. The van der Waals surface area contributed by atoms with Gasteiger partial charge in [0.2, 0.25) is 0 Å². The fourth-order valence-electron chi connectivity index (χ4n) is 3.47. The van der Waals surface area contributed by atoms with Crippen LogP contribution < -0.4 is 4.74 Å². The second-order valence-corrected chi connectivity index (χ2v) is 7.10. The number of aliphatic hydroxyl groups excluding tert-OH is 1. The number of phenols is 1. The molecule has 1 heterocycles. The lowest BCUT2D eigenvalue weighted by atomic mass is 9.97. The average molecular weight is 397 g/mol. The van der Waals surface area contributed by atoms with Crippen LogP contribution in [0.3, 0.4) is 0 Å². The number of hydrogen-bond donors (Lipinski definition) is 2. The fourth-order valence-corrected chi connectivity index (χ4v) is 3.47. The number of benzene rings is 2. The van der Waals surface area contributed by atoms with Gasteiger partial charge in [-0.05, 0) is 30.2 Å². The number of ketones is 1. The molecule has 6 heteroatoms. The molecule has 1 aliphatic heterocycles. The van der Waals surface area contributed by atoms with Crippen LogP contribution in [0.1, 0.15) is 32.6 Å². The van der Waals surface area contributed by atoms with Crippen LogP contribution in [0, 0.1) is 6.92 Å². The monoisotopic (exact) mass is 397 g/mol. The number of methoxy groups -OCH3 is 1. The molecule has 0 spiro atoms. The van der Waals surface area contributed by atoms with Crippen molar-refractivity contribution in [2.24, 2.45) is 0 Å². The average Bonchev–Trinajstić information content (AvgIpc) is 2.74. The van der Waals surface area contributed by atoms with Crippen LogP contribution in [-0.4, -0.2) is 54.3 Å². The summed E-state index contributed by atoms with van der Waals surface area (Å²) in [7, 11) is 1.44. The van der Waals surface area contributed by atoms with Gasteiger partial charge in [-0.2, -0.15) is 0 Å². The van der Waals surface area contributed by atoms with Gasteiger partial charge in [0.25, 0.3) is 0 Å². The molecule has 0 bridgehead atoms. The molecule has 0 radical (unpaired) electrons. The van der Waals surface area contributed by atoms with Gasteiger partial charge in [0.05, 0.1) is 26.9 Å². The van der Waals surface area contributed by atoms with Gasteiger partial charge >= 0.3 is 0 Å². The number of hydrogen-bond acceptors (Lipinski definition) is 6. The molecule has 1 saturated heterocycles. The minimum absolute atomic E-state index is 0.108. The zero-order valence-corrected chi connectivity index (χ0v) is 16.9. The van der Waals surface area contributed by atoms with Gasteiger partial charge in [-0.15, -0.1) is 0 Å². The third kappa shape index (κ3) is 5.03. The van der Waals surface area contributed by atoms with Crippen LogP contribution in [-0.2, 0) is 17.9 Å². The largest absolute Gasteiger partial charge is 0.507 e. The van der Waals surface area contributed by atoms with Gasteiger partial charge in [-0.1, -0.05) is 35.9 Å². The highest BCUT2D eigenvalue weighted by Gasteiger charge is 2.24. The second-order valence-electron chi connectivity index (χ2n) is 7.10. The van der Waals surface area contributed by atoms with E-state index >= 15 is 0 Å². The van der Waals surface area contributed by atoms with Crippen LogP contribution in [0.5, 0.6) is 11.5 Å². The first-order valence-electron chi connectivity index (χ1n) is 9.65. The molecule has 2 aromatic carbocycles. The lowest BCUT2D eigenvalue weighted by Crippen LogP contribution is -2.36. The SMILES string of the molecule is COc1cc(CO)c(CN2CCOCC2)c(O)c1C(=O)C=Cc1cccc(C)c1. The molecule has 29 heavy (non-hydrogen) atoms. The van der Waals surface area contributed by atoms with Crippen molar-refractivity contribution in [2.45, 2.75) is 20.1 Å². The van der Waals surface area contributed by atoms with Crippen molar-refractivity contribution in [1.29, 1.82) is 0 Å². The first kappa shape index (κ1) is 21.0. The van der Waals surface area contributed by atoms with Crippen molar-refractivity contribution in [3.63, 3.8) is 0 Å². The van der Waals surface area contributed by atoms with E-state index in [2.05, 4.69) is 4.90 Å². The Balaban J connectivity index is 1.95. The minimum atomic E-state index is -0.353. The lowest BCUT2D eigenvalue weighted by molar-refractivity contribution is 0.0336. The third-order valence-electron chi connectivity index (χ3n) is 5.05. The molecule has 0 aromatic heterocycles. The Morgan fingerprint density at radius 3 is 2.69 bits per heavy atom. The second kappa shape index (κ2) is 9.69. The number of aromatic hydroxyl groups is 1. The highest BCUT2D eigenvalue weighted by atomic mass is 16.5. The smallest absolute Gasteiger partial charge is 0.193 e. The van der Waals surface area contributed by atoms with Gasteiger partial charge in [0.15, 0.2) is 5.78 Å². The summed E-state index contributed by atoms with van der Waals surface area (Å²) in [6.45, 7) is 4.86. The van der Waals surface area contributed by atoms with E-state index in [1.54, 1.807) is 12.1 Å². The number of nitrogens with zero attached hydrogens (tertiary/aromatic N) is 1. The summed E-state index contributed by atoms with van der Waals surface area (Å²) >= 11 is 0. The first-order chi connectivity index (χ1) is 14.0. The summed E-state index contributed by atoms with van der Waals surface area (Å²) in [5, 5.41) is 20.7. The van der Waals surface area contributed by atoms with Gasteiger partial charge in [-0.25, -0.2) is 0 Å². The number of ether oxygens (including phenoxy) is 2. The maximum atomic E-state index is 12.9. The summed E-state index contributed by atoms with van der Waals surface area (Å²) in [6, 6.07) is 9.42. The molecule has 0 amide bonds. The summed E-state index contributed by atoms with van der Waals surface area (Å²) < 4.78 is 10.7. The topological polar surface area (TPSA) is 79.2 Å². The van der Waals surface area contributed by atoms with Crippen molar-refractivity contribution >= 4 is 11.9 Å². The molecule has 2 N–H and O–H groups in total. The van der Waals surface area contributed by atoms with E-state index in [0.29, 0.717) is 30.9 Å². The molecule has 2 aromatic rings. The van der Waals surface area contributed by atoms with Gasteiger partial charge < -0.3 is 19.7 Å². The van der Waals surface area contributed by atoms with Crippen LogP contribution in [0.4, 0.5) is 0 Å². The van der Waals surface area contributed by atoms with Crippen molar-refractivity contribution in [2.75, 3.05) is 33.4 Å². The third-order valence-corrected chi connectivity index (χ3v) is 5.05. The number of carbonyl (C=O) groups is 1. The first-order valence-corrected chi connectivity index (χ1v) is 9.65. The summed E-state index contributed by atoms with van der Waals surface area (Å²) in [4.78, 5) is 15.1. The molecule has 1 fully saturated rings. The van der Waals surface area contributed by atoms with Crippen LogP contribution in [0.15, 0.2) is 36.4 Å². The number of aliphatic hydroxyl groups is 1. The van der Waals surface area contributed by atoms with Gasteiger partial charge in [0, 0.05) is 25.2 Å². The predicted molar refractivity (Wildman–Crippen MR) is 111 cm³/mol. The molecule has 6 nitrogen and oxygen atoms in total. The highest BCUT2D eigenvalue weighted by Crippen LogP contribution is 2.36. The zero-order chi connectivity index (χ0) is 20.8. The van der Waals surface area contributed by atoms with E-state index in [1.165, 1.54) is 13.2 Å². The molecule has 0 saturated carbocycles. The Kier molecular flexibility index (Phi) is 7.04. The summed E-state index contributed by atoms with van der Waals surface area (Å²) in [6.07, 6.45) is 3.15. The molecule has 3 rings (SSSR count). The summed E-state index contributed by atoms with van der Waals surface area (Å²) in [5.41, 5.74) is 3.20. The van der Waals surface area contributed by atoms with Crippen LogP contribution in [0.25, 0.3) is 6.08 Å². The normalized spacial score (nSPS) is 15.0. The molecular formula is C23H27NO5. The number of carbonyl (C=O) groups excluding carboxylic acids is 1. The van der Waals surface area contributed by atoms with Crippen molar-refractivity contribution in [3.8, 4) is 11.5 Å². The van der Waals surface area contributed by atoms with E-state index in [0.717, 1.165) is 24.2 Å². The van der Waals surface area contributed by atoms with E-state index in [1.807, 2.05) is 31.2 Å². The van der Waals surface area contributed by atoms with Crippen molar-refractivity contribution < 1.29 is 24.5 Å². The molecule has 0 aliphatic carbocycles. The van der Waals surface area contributed by atoms with Gasteiger partial charge in [0.1, 0.15) is 17.1 Å². The Labute approximate surface area is 171 Å². The number of rotatable bonds is 7. The predicted octanol–water partition coefficient (Wildman–Crippen LogP) is 2.93. The molecule has 0 atom stereocenters. The zero-order valence-electron chi connectivity index (χ0n) is 16.9. The van der Waals surface area contributed by atoms with E-state index in [9.17, 15) is 15.0 Å². The maximum absolute atomic E-state index is 12.9. The lowest BCUT2D eigenvalue weighted by Gasteiger charge is -2.28. The Morgan fingerprint density at radius 1 is 1.28 bits per heavy atom. The van der Waals surface area contributed by atoms with E-state index < -0.39 is 0 Å².